The molecule has 0 bridgehead atoms. The summed E-state index contributed by atoms with van der Waals surface area (Å²) in [6.07, 6.45) is 0.715. The molecule has 2 amide bonds. The Bertz CT molecular complexity index is 1300. The molecule has 5 rings (SSSR count). The molecule has 0 saturated heterocycles. The quantitative estimate of drug-likeness (QED) is 0.400. The lowest BCUT2D eigenvalue weighted by molar-refractivity contribution is 0.179. The summed E-state index contributed by atoms with van der Waals surface area (Å²) in [6.45, 7) is 0.874. The molecule has 0 radical (unpaired) electrons. The van der Waals surface area contributed by atoms with Crippen molar-refractivity contribution >= 4 is 28.5 Å². The highest BCUT2D eigenvalue weighted by molar-refractivity contribution is 6.31. The molecule has 1 unspecified atom stereocenters. The van der Waals surface area contributed by atoms with Crippen LogP contribution >= 0.6 is 11.6 Å². The second-order valence-electron chi connectivity index (χ2n) is 8.11. The Kier molecular flexibility index (Phi) is 5.68. The maximum absolute atomic E-state index is 13.3. The van der Waals surface area contributed by atoms with Gasteiger partial charge in [-0.15, -0.1) is 0 Å². The molecule has 1 atom stereocenters. The number of fused-ring (bicyclic) bond motifs is 3. The first-order chi connectivity index (χ1) is 16.0. The molecule has 2 heterocycles. The van der Waals surface area contributed by atoms with E-state index in [0.717, 1.165) is 33.5 Å². The topological polar surface area (TPSA) is 57.4 Å². The number of hydrogen-bond donors (Lipinski definition) is 2. The molecule has 7 heteroatoms. The zero-order valence-corrected chi connectivity index (χ0v) is 18.8. The highest BCUT2D eigenvalue weighted by Crippen LogP contribution is 2.39. The Labute approximate surface area is 196 Å². The third kappa shape index (κ3) is 4.14. The van der Waals surface area contributed by atoms with E-state index in [1.165, 1.54) is 17.7 Å². The zero-order valence-electron chi connectivity index (χ0n) is 18.1. The molecule has 5 nitrogen and oxygen atoms in total. The predicted molar refractivity (Wildman–Crippen MR) is 127 cm³/mol. The maximum atomic E-state index is 13.3. The van der Waals surface area contributed by atoms with Gasteiger partial charge in [0.25, 0.3) is 0 Å². The van der Waals surface area contributed by atoms with Crippen molar-refractivity contribution in [3.63, 3.8) is 0 Å². The lowest BCUT2D eigenvalue weighted by Crippen LogP contribution is -2.45. The van der Waals surface area contributed by atoms with E-state index < -0.39 is 0 Å². The van der Waals surface area contributed by atoms with E-state index in [1.807, 2.05) is 47.4 Å². The summed E-state index contributed by atoms with van der Waals surface area (Å²) >= 11 is 6.27. The molecule has 1 aromatic heterocycles. The first-order valence-electron chi connectivity index (χ1n) is 10.8. The van der Waals surface area contributed by atoms with Gasteiger partial charge in [-0.2, -0.15) is 0 Å². The van der Waals surface area contributed by atoms with Crippen molar-refractivity contribution in [2.75, 3.05) is 13.7 Å². The van der Waals surface area contributed by atoms with Gasteiger partial charge in [-0.05, 0) is 65.6 Å². The minimum Gasteiger partial charge on any atom is -0.497 e. The largest absolute Gasteiger partial charge is 0.497 e. The van der Waals surface area contributed by atoms with Crippen LogP contribution in [-0.2, 0) is 13.0 Å². The van der Waals surface area contributed by atoms with Gasteiger partial charge in [0, 0.05) is 34.7 Å². The van der Waals surface area contributed by atoms with Crippen molar-refractivity contribution in [1.82, 2.24) is 15.2 Å². The number of H-pyrrole nitrogens is 1. The molecule has 0 aliphatic carbocycles. The number of rotatable bonds is 4. The van der Waals surface area contributed by atoms with Crippen LogP contribution in [0.2, 0.25) is 5.02 Å². The fraction of sp³-hybridized carbons (Fsp3) is 0.192. The van der Waals surface area contributed by atoms with E-state index in [-0.39, 0.29) is 17.9 Å². The van der Waals surface area contributed by atoms with Gasteiger partial charge in [0.1, 0.15) is 11.6 Å². The standard InChI is InChI=1S/C26H23ClFN3O2/c1-33-20-9-4-17(5-10-20)25-24-21(22-14-18(27)6-11-23(22)30-24)12-13-31(25)26(32)29-15-16-2-7-19(28)8-3-16/h2-11,14,25,30H,12-13,15H2,1H3,(H,29,32). The van der Waals surface area contributed by atoms with E-state index in [1.54, 1.807) is 19.2 Å². The number of carbonyl (C=O) groups excluding carboxylic acids is 1. The summed E-state index contributed by atoms with van der Waals surface area (Å²) < 4.78 is 18.5. The summed E-state index contributed by atoms with van der Waals surface area (Å²) in [6, 6.07) is 19.2. The van der Waals surface area contributed by atoms with Gasteiger partial charge in [-0.1, -0.05) is 35.9 Å². The van der Waals surface area contributed by atoms with Crippen molar-refractivity contribution in [3.05, 3.63) is 100.0 Å². The molecular formula is C26H23ClFN3O2. The van der Waals surface area contributed by atoms with Gasteiger partial charge in [0.2, 0.25) is 0 Å². The smallest absolute Gasteiger partial charge is 0.318 e. The number of amides is 2. The van der Waals surface area contributed by atoms with Crippen LogP contribution in [0.3, 0.4) is 0 Å². The number of methoxy groups -OCH3 is 1. The van der Waals surface area contributed by atoms with Crippen LogP contribution in [-0.4, -0.2) is 29.6 Å². The van der Waals surface area contributed by atoms with Crippen LogP contribution in [0, 0.1) is 5.82 Å². The number of aromatic amines is 1. The number of aromatic nitrogens is 1. The number of nitrogens with zero attached hydrogens (tertiary/aromatic N) is 1. The number of urea groups is 1. The van der Waals surface area contributed by atoms with Gasteiger partial charge in [0.05, 0.1) is 13.2 Å². The fourth-order valence-electron chi connectivity index (χ4n) is 4.49. The highest BCUT2D eigenvalue weighted by atomic mass is 35.5. The SMILES string of the molecule is COc1ccc(C2c3[nH]c4ccc(Cl)cc4c3CCN2C(=O)NCc2ccc(F)cc2)cc1. The molecule has 4 aromatic rings. The summed E-state index contributed by atoms with van der Waals surface area (Å²) in [5.74, 6) is 0.456. The summed E-state index contributed by atoms with van der Waals surface area (Å²) in [4.78, 5) is 18.7. The Morgan fingerprint density at radius 1 is 1.15 bits per heavy atom. The number of nitrogens with one attached hydrogen (secondary N) is 2. The van der Waals surface area contributed by atoms with E-state index in [2.05, 4.69) is 10.3 Å². The number of ether oxygens (including phenoxy) is 1. The highest BCUT2D eigenvalue weighted by Gasteiger charge is 2.34. The lowest BCUT2D eigenvalue weighted by Gasteiger charge is -2.36. The lowest BCUT2D eigenvalue weighted by atomic mass is 9.92. The van der Waals surface area contributed by atoms with Crippen LogP contribution in [0.4, 0.5) is 9.18 Å². The third-order valence-electron chi connectivity index (χ3n) is 6.14. The molecule has 0 fully saturated rings. The number of carbonyl (C=O) groups is 1. The molecule has 0 spiro atoms. The van der Waals surface area contributed by atoms with Crippen LogP contribution in [0.25, 0.3) is 10.9 Å². The van der Waals surface area contributed by atoms with E-state index in [4.69, 9.17) is 16.3 Å². The maximum Gasteiger partial charge on any atom is 0.318 e. The van der Waals surface area contributed by atoms with Crippen molar-refractivity contribution in [2.45, 2.75) is 19.0 Å². The molecule has 0 saturated carbocycles. The predicted octanol–water partition coefficient (Wildman–Crippen LogP) is 5.83. The number of hydrogen-bond acceptors (Lipinski definition) is 2. The monoisotopic (exact) mass is 463 g/mol. The Morgan fingerprint density at radius 2 is 1.91 bits per heavy atom. The van der Waals surface area contributed by atoms with Crippen molar-refractivity contribution in [1.29, 1.82) is 0 Å². The van der Waals surface area contributed by atoms with E-state index in [9.17, 15) is 9.18 Å². The molecule has 2 N–H and O–H groups in total. The molecule has 33 heavy (non-hydrogen) atoms. The second-order valence-corrected chi connectivity index (χ2v) is 8.55. The zero-order chi connectivity index (χ0) is 22.9. The molecule has 1 aliphatic rings. The fourth-order valence-corrected chi connectivity index (χ4v) is 4.67. The molecular weight excluding hydrogens is 441 g/mol. The van der Waals surface area contributed by atoms with Crippen molar-refractivity contribution in [2.24, 2.45) is 0 Å². The minimum absolute atomic E-state index is 0.178. The summed E-state index contributed by atoms with van der Waals surface area (Å²) in [7, 11) is 1.63. The van der Waals surface area contributed by atoms with Crippen LogP contribution in [0.1, 0.15) is 28.4 Å². The van der Waals surface area contributed by atoms with Crippen LogP contribution in [0.15, 0.2) is 66.7 Å². The average Bonchev–Trinajstić information content (AvgIpc) is 3.21. The van der Waals surface area contributed by atoms with Gasteiger partial charge in [-0.25, -0.2) is 9.18 Å². The minimum atomic E-state index is -0.299. The number of benzene rings is 3. The Balaban J connectivity index is 1.50. The van der Waals surface area contributed by atoms with Gasteiger partial charge in [0.15, 0.2) is 0 Å². The molecule has 168 valence electrons. The second kappa shape index (κ2) is 8.79. The molecule has 3 aromatic carbocycles. The average molecular weight is 464 g/mol. The van der Waals surface area contributed by atoms with Gasteiger partial charge < -0.3 is 19.9 Å². The van der Waals surface area contributed by atoms with Crippen molar-refractivity contribution < 1.29 is 13.9 Å². The van der Waals surface area contributed by atoms with E-state index in [0.29, 0.717) is 24.5 Å². The van der Waals surface area contributed by atoms with Crippen LogP contribution < -0.4 is 10.1 Å². The van der Waals surface area contributed by atoms with Crippen molar-refractivity contribution in [3.8, 4) is 5.75 Å². The Hall–Kier alpha value is -3.51. The summed E-state index contributed by atoms with van der Waals surface area (Å²) in [5, 5.41) is 4.76. The third-order valence-corrected chi connectivity index (χ3v) is 6.37. The van der Waals surface area contributed by atoms with Gasteiger partial charge in [-0.3, -0.25) is 0 Å². The Morgan fingerprint density at radius 3 is 2.64 bits per heavy atom. The number of halogens is 2. The molecule has 1 aliphatic heterocycles. The summed E-state index contributed by atoms with van der Waals surface area (Å²) in [5.41, 5.74) is 4.98. The van der Waals surface area contributed by atoms with E-state index >= 15 is 0 Å². The van der Waals surface area contributed by atoms with Gasteiger partial charge >= 0.3 is 6.03 Å². The normalized spacial score (nSPS) is 15.4. The first kappa shape index (κ1) is 21.3. The first-order valence-corrected chi connectivity index (χ1v) is 11.1. The van der Waals surface area contributed by atoms with Crippen LogP contribution in [0.5, 0.6) is 5.75 Å².